The van der Waals surface area contributed by atoms with Crippen molar-refractivity contribution in [2.75, 3.05) is 0 Å². The molecule has 0 unspecified atom stereocenters. The fourth-order valence-corrected chi connectivity index (χ4v) is 5.77. The minimum Gasteiger partial charge on any atom is -0.493 e. The Labute approximate surface area is 194 Å². The molecule has 0 spiro atoms. The minimum atomic E-state index is 0.284. The van der Waals surface area contributed by atoms with E-state index in [9.17, 15) is 5.11 Å². The van der Waals surface area contributed by atoms with Crippen LogP contribution in [0, 0.1) is 0 Å². The van der Waals surface area contributed by atoms with Crippen molar-refractivity contribution in [2.45, 2.75) is 44.6 Å². The third kappa shape index (κ3) is 4.32. The van der Waals surface area contributed by atoms with Crippen molar-refractivity contribution < 1.29 is 5.11 Å². The van der Waals surface area contributed by atoms with Crippen LogP contribution in [0.25, 0.3) is 11.6 Å². The molecule has 1 aliphatic carbocycles. The van der Waals surface area contributed by atoms with Gasteiger partial charge in [-0.3, -0.25) is 9.56 Å². The Hall–Kier alpha value is -2.44. The van der Waals surface area contributed by atoms with Crippen LogP contribution in [0.4, 0.5) is 11.4 Å². The molecule has 31 heavy (non-hydrogen) atoms. The molecule has 6 heteroatoms. The first-order valence-corrected chi connectivity index (χ1v) is 12.4. The number of aromatic hydroxyl groups is 1. The van der Waals surface area contributed by atoms with Crippen LogP contribution in [-0.4, -0.2) is 15.9 Å². The van der Waals surface area contributed by atoms with Gasteiger partial charge in [0.2, 0.25) is 5.88 Å². The molecule has 0 radical (unpaired) electrons. The topological polar surface area (TPSA) is 49.9 Å². The number of allylic oxidation sites excluding steroid dienone is 1. The van der Waals surface area contributed by atoms with Crippen molar-refractivity contribution in [2.24, 2.45) is 9.98 Å². The van der Waals surface area contributed by atoms with Gasteiger partial charge < -0.3 is 5.11 Å². The smallest absolute Gasteiger partial charge is 0.211 e. The molecule has 5 rings (SSSR count). The summed E-state index contributed by atoms with van der Waals surface area (Å²) in [6.07, 6.45) is 11.0. The zero-order valence-electron chi connectivity index (χ0n) is 17.2. The Kier molecular flexibility index (Phi) is 5.92. The van der Waals surface area contributed by atoms with Gasteiger partial charge in [-0.25, -0.2) is 4.99 Å². The number of rotatable bonds is 3. The Morgan fingerprint density at radius 2 is 1.84 bits per heavy atom. The molecule has 0 bridgehead atoms. The van der Waals surface area contributed by atoms with Gasteiger partial charge in [0.05, 0.1) is 16.3 Å². The second kappa shape index (κ2) is 8.97. The molecule has 0 saturated heterocycles. The van der Waals surface area contributed by atoms with Crippen molar-refractivity contribution in [3.05, 3.63) is 68.2 Å². The van der Waals surface area contributed by atoms with Crippen molar-refractivity contribution in [1.29, 1.82) is 0 Å². The molecule has 1 saturated carbocycles. The first kappa shape index (κ1) is 20.5. The van der Waals surface area contributed by atoms with Crippen LogP contribution in [0.2, 0.25) is 0 Å². The van der Waals surface area contributed by atoms with E-state index in [1.165, 1.54) is 25.7 Å². The predicted octanol–water partition coefficient (Wildman–Crippen LogP) is 7.40. The second-order valence-corrected chi connectivity index (χ2v) is 9.98. The lowest BCUT2D eigenvalue weighted by Crippen LogP contribution is -2.20. The van der Waals surface area contributed by atoms with E-state index in [4.69, 9.17) is 4.99 Å². The number of benzene rings is 2. The Balaban J connectivity index is 1.63. The molecule has 1 N–H and O–H groups in total. The molecular weight excluding hydrogens is 470 g/mol. The highest BCUT2D eigenvalue weighted by Crippen LogP contribution is 2.38. The van der Waals surface area contributed by atoms with Gasteiger partial charge in [-0.2, -0.15) is 0 Å². The van der Waals surface area contributed by atoms with Crippen LogP contribution < -0.4 is 4.80 Å². The van der Waals surface area contributed by atoms with E-state index in [0.717, 1.165) is 49.5 Å². The van der Waals surface area contributed by atoms with Crippen LogP contribution in [0.15, 0.2) is 63.0 Å². The Morgan fingerprint density at radius 3 is 2.61 bits per heavy atom. The fourth-order valence-electron chi connectivity index (χ4n) is 4.35. The highest BCUT2D eigenvalue weighted by Gasteiger charge is 2.22. The van der Waals surface area contributed by atoms with E-state index in [-0.39, 0.29) is 6.04 Å². The van der Waals surface area contributed by atoms with Crippen LogP contribution in [0.5, 0.6) is 5.88 Å². The summed E-state index contributed by atoms with van der Waals surface area (Å²) < 4.78 is 3.09. The van der Waals surface area contributed by atoms with Crippen molar-refractivity contribution >= 4 is 56.5 Å². The second-order valence-electron chi connectivity index (χ2n) is 8.05. The molecule has 0 atom stereocenters. The van der Waals surface area contributed by atoms with Crippen LogP contribution in [0.1, 0.15) is 55.0 Å². The van der Waals surface area contributed by atoms with Gasteiger partial charge >= 0.3 is 0 Å². The molecule has 1 aromatic heterocycles. The molecule has 1 aliphatic heterocycles. The number of aromatic nitrogens is 1. The fraction of sp³-hybridized carbons (Fsp3) is 0.280. The van der Waals surface area contributed by atoms with Crippen molar-refractivity contribution in [3.63, 3.8) is 0 Å². The highest BCUT2D eigenvalue weighted by molar-refractivity contribution is 9.10. The quantitative estimate of drug-likeness (QED) is 0.379. The summed E-state index contributed by atoms with van der Waals surface area (Å²) in [6.45, 7) is 0. The average Bonchev–Trinajstić information content (AvgIpc) is 3.17. The molecule has 2 aromatic carbocycles. The molecule has 3 aromatic rings. The highest BCUT2D eigenvalue weighted by atomic mass is 79.9. The summed E-state index contributed by atoms with van der Waals surface area (Å²) >= 11 is 5.10. The number of hydrogen-bond acceptors (Lipinski definition) is 4. The maximum absolute atomic E-state index is 11.3. The molecule has 4 nitrogen and oxygen atoms in total. The summed E-state index contributed by atoms with van der Waals surface area (Å²) in [7, 11) is 0. The van der Waals surface area contributed by atoms with Gasteiger partial charge in [-0.15, -0.1) is 0 Å². The zero-order chi connectivity index (χ0) is 21.2. The van der Waals surface area contributed by atoms with E-state index < -0.39 is 0 Å². The van der Waals surface area contributed by atoms with Gasteiger partial charge in [-0.1, -0.05) is 71.1 Å². The maximum Gasteiger partial charge on any atom is 0.211 e. The first-order chi connectivity index (χ1) is 15.2. The Bertz CT molecular complexity index is 1220. The molecular formula is C25H24BrN3OS. The summed E-state index contributed by atoms with van der Waals surface area (Å²) in [5, 5.41) is 11.3. The summed E-state index contributed by atoms with van der Waals surface area (Å²) in [4.78, 5) is 11.1. The lowest BCUT2D eigenvalue weighted by molar-refractivity contribution is 0.351. The van der Waals surface area contributed by atoms with Crippen LogP contribution in [-0.2, 0) is 0 Å². The van der Waals surface area contributed by atoms with Gasteiger partial charge in [0.25, 0.3) is 0 Å². The van der Waals surface area contributed by atoms with Gasteiger partial charge in [0.15, 0.2) is 4.80 Å². The normalized spacial score (nSPS) is 18.5. The summed E-state index contributed by atoms with van der Waals surface area (Å²) in [5.41, 5.74) is 3.94. The van der Waals surface area contributed by atoms with E-state index >= 15 is 0 Å². The molecule has 158 valence electrons. The molecule has 1 fully saturated rings. The lowest BCUT2D eigenvalue weighted by Gasteiger charge is -2.17. The number of hydrogen-bond donors (Lipinski definition) is 1. The summed E-state index contributed by atoms with van der Waals surface area (Å²) in [5.74, 6) is 0.316. The van der Waals surface area contributed by atoms with Crippen molar-refractivity contribution in [3.8, 4) is 5.88 Å². The standard InChI is InChI=1S/C25H24BrN3OS/c26-18-12-13-22-21(15-18)17(16-27-22)14-23-24(30)29(20-10-6-1-2-7-11-20)25(31-23)28-19-8-4-3-5-9-19/h3-5,8-9,12-16,20,30H,1-2,6-7,10-11H2/b17-14-,28-25?. The largest absolute Gasteiger partial charge is 0.493 e. The minimum absolute atomic E-state index is 0.284. The molecule has 2 heterocycles. The third-order valence-electron chi connectivity index (χ3n) is 5.93. The molecule has 2 aliphatic rings. The van der Waals surface area contributed by atoms with Gasteiger partial charge in [-0.05, 0) is 49.2 Å². The average molecular weight is 494 g/mol. The maximum atomic E-state index is 11.3. The number of halogens is 1. The number of thiazole rings is 1. The van der Waals surface area contributed by atoms with Crippen LogP contribution >= 0.6 is 27.3 Å². The zero-order valence-corrected chi connectivity index (χ0v) is 19.6. The Morgan fingerprint density at radius 1 is 1.06 bits per heavy atom. The van der Waals surface area contributed by atoms with Crippen LogP contribution in [0.3, 0.4) is 0 Å². The van der Waals surface area contributed by atoms with E-state index in [0.29, 0.717) is 5.88 Å². The lowest BCUT2D eigenvalue weighted by atomic mass is 10.1. The van der Waals surface area contributed by atoms with E-state index in [1.807, 2.05) is 54.8 Å². The first-order valence-electron chi connectivity index (χ1n) is 10.8. The van der Waals surface area contributed by atoms with Crippen molar-refractivity contribution in [1.82, 2.24) is 4.57 Å². The predicted molar refractivity (Wildman–Crippen MR) is 133 cm³/mol. The monoisotopic (exact) mass is 493 g/mol. The SMILES string of the molecule is Oc1c(/C=C2/C=Nc3ccc(Br)cc32)sc(=Nc2ccccc2)n1C1CCCCCC1. The van der Waals surface area contributed by atoms with E-state index in [2.05, 4.69) is 31.6 Å². The number of nitrogens with zero attached hydrogens (tertiary/aromatic N) is 3. The number of fused-ring (bicyclic) bond motifs is 1. The third-order valence-corrected chi connectivity index (χ3v) is 7.41. The number of para-hydroxylation sites is 1. The van der Waals surface area contributed by atoms with Gasteiger partial charge in [0.1, 0.15) is 0 Å². The molecule has 0 amide bonds. The van der Waals surface area contributed by atoms with E-state index in [1.54, 1.807) is 11.3 Å². The summed E-state index contributed by atoms with van der Waals surface area (Å²) in [6, 6.07) is 16.4. The van der Waals surface area contributed by atoms with Gasteiger partial charge in [0, 0.05) is 27.9 Å². The number of aliphatic imine (C=N–C) groups is 1.